The highest BCUT2D eigenvalue weighted by molar-refractivity contribution is 6.68. The summed E-state index contributed by atoms with van der Waals surface area (Å²) < 4.78 is -1.53. The van der Waals surface area contributed by atoms with E-state index in [4.69, 9.17) is 40.1 Å². The van der Waals surface area contributed by atoms with Gasteiger partial charge in [-0.1, -0.05) is 53.0 Å². The second kappa shape index (κ2) is 4.18. The Morgan fingerprint density at radius 2 is 1.94 bits per heavy atom. The highest BCUT2D eigenvalue weighted by Gasteiger charge is 2.39. The van der Waals surface area contributed by atoms with Gasteiger partial charge in [0.15, 0.2) is 0 Å². The van der Waals surface area contributed by atoms with E-state index in [1.165, 1.54) is 0 Å². The van der Waals surface area contributed by atoms with Gasteiger partial charge >= 0.3 is 0 Å². The van der Waals surface area contributed by atoms with E-state index in [1.807, 2.05) is 30.3 Å². The minimum Gasteiger partial charge on any atom is -0.360 e. The molecular weight excluding hydrogens is 266 g/mol. The molecule has 0 saturated carbocycles. The van der Waals surface area contributed by atoms with Crippen LogP contribution < -0.4 is 5.32 Å². The monoisotopic (exact) mass is 272 g/mol. The third-order valence-electron chi connectivity index (χ3n) is 2.42. The molecule has 2 rings (SSSR count). The van der Waals surface area contributed by atoms with Gasteiger partial charge in [0.05, 0.1) is 17.6 Å². The Labute approximate surface area is 108 Å². The summed E-state index contributed by atoms with van der Waals surface area (Å²) in [6.45, 7) is 0. The molecule has 1 N–H and O–H groups in total. The lowest BCUT2D eigenvalue weighted by atomic mass is 9.90. The van der Waals surface area contributed by atoms with Gasteiger partial charge in [-0.2, -0.15) is 5.26 Å². The van der Waals surface area contributed by atoms with E-state index in [0.717, 1.165) is 11.3 Å². The zero-order valence-corrected chi connectivity index (χ0v) is 10.3. The molecule has 5 heteroatoms. The normalized spacial score (nSPS) is 19.1. The first-order valence-electron chi connectivity index (χ1n) is 4.56. The molecule has 0 bridgehead atoms. The maximum Gasteiger partial charge on any atom is 0.202 e. The number of nitriles is 1. The van der Waals surface area contributed by atoms with Crippen LogP contribution in [0, 0.1) is 11.3 Å². The number of nitrogens with zero attached hydrogens (tertiary/aromatic N) is 1. The summed E-state index contributed by atoms with van der Waals surface area (Å²) in [6.07, 6.45) is 1.58. The Hall–Kier alpha value is -0.880. The number of fused-ring (bicyclic) bond motifs is 1. The number of hydrogen-bond donors (Lipinski definition) is 1. The van der Waals surface area contributed by atoms with E-state index < -0.39 is 9.71 Å². The van der Waals surface area contributed by atoms with Gasteiger partial charge in [-0.25, -0.2) is 0 Å². The predicted molar refractivity (Wildman–Crippen MR) is 66.8 cm³/mol. The summed E-state index contributed by atoms with van der Waals surface area (Å²) in [5.74, 6) is -0.528. The minimum absolute atomic E-state index is 0.415. The molecule has 1 atom stereocenters. The molecule has 0 amide bonds. The summed E-state index contributed by atoms with van der Waals surface area (Å²) in [7, 11) is 0. The number of benzene rings is 1. The molecular formula is C11H7Cl3N2. The van der Waals surface area contributed by atoms with Crippen LogP contribution in [-0.2, 0) is 0 Å². The first-order valence-corrected chi connectivity index (χ1v) is 5.70. The molecule has 16 heavy (non-hydrogen) atoms. The van der Waals surface area contributed by atoms with Crippen molar-refractivity contribution in [2.45, 2.75) is 9.71 Å². The van der Waals surface area contributed by atoms with Crippen molar-refractivity contribution < 1.29 is 0 Å². The molecule has 0 unspecified atom stereocenters. The summed E-state index contributed by atoms with van der Waals surface area (Å²) in [5.41, 5.74) is 2.10. The number of halogens is 3. The van der Waals surface area contributed by atoms with E-state index in [-0.39, 0.29) is 0 Å². The Kier molecular flexibility index (Phi) is 3.03. The van der Waals surface area contributed by atoms with Crippen LogP contribution in [0.3, 0.4) is 0 Å². The van der Waals surface area contributed by atoms with Crippen molar-refractivity contribution in [3.05, 3.63) is 41.6 Å². The lowest BCUT2D eigenvalue weighted by molar-refractivity contribution is 0.832. The van der Waals surface area contributed by atoms with E-state index in [2.05, 4.69) is 5.32 Å². The van der Waals surface area contributed by atoms with Crippen molar-refractivity contribution in [3.8, 4) is 6.07 Å². The van der Waals surface area contributed by atoms with Crippen molar-refractivity contribution >= 4 is 40.5 Å². The number of nitrogens with one attached hydrogen (secondary N) is 1. The van der Waals surface area contributed by atoms with E-state index in [9.17, 15) is 0 Å². The van der Waals surface area contributed by atoms with Crippen LogP contribution in [0.15, 0.2) is 36.0 Å². The molecule has 1 aliphatic rings. The topological polar surface area (TPSA) is 35.8 Å². The molecule has 1 aliphatic heterocycles. The second-order valence-corrected chi connectivity index (χ2v) is 5.79. The minimum atomic E-state index is -1.53. The van der Waals surface area contributed by atoms with Gasteiger partial charge in [-0.3, -0.25) is 0 Å². The number of hydrogen-bond acceptors (Lipinski definition) is 2. The Morgan fingerprint density at radius 3 is 2.56 bits per heavy atom. The molecule has 0 spiro atoms. The largest absolute Gasteiger partial charge is 0.360 e. The van der Waals surface area contributed by atoms with E-state index >= 15 is 0 Å². The molecule has 0 fully saturated rings. The number of para-hydroxylation sites is 1. The molecule has 0 aliphatic carbocycles. The van der Waals surface area contributed by atoms with Crippen LogP contribution >= 0.6 is 34.8 Å². The van der Waals surface area contributed by atoms with Crippen molar-refractivity contribution in [3.63, 3.8) is 0 Å². The van der Waals surface area contributed by atoms with Gasteiger partial charge in [0.25, 0.3) is 0 Å². The quantitative estimate of drug-likeness (QED) is 0.726. The third kappa shape index (κ3) is 1.99. The SMILES string of the molecule is N#CC1=CNc2ccccc2[C@H]1C(Cl)(Cl)Cl. The Morgan fingerprint density at radius 1 is 1.25 bits per heavy atom. The molecule has 1 aromatic carbocycles. The summed E-state index contributed by atoms with van der Waals surface area (Å²) >= 11 is 17.8. The molecule has 2 nitrogen and oxygen atoms in total. The number of rotatable bonds is 0. The van der Waals surface area contributed by atoms with Crippen molar-refractivity contribution in [1.82, 2.24) is 0 Å². The number of anilines is 1. The highest BCUT2D eigenvalue weighted by Crippen LogP contribution is 2.49. The molecule has 0 radical (unpaired) electrons. The number of alkyl halides is 3. The average molecular weight is 274 g/mol. The summed E-state index contributed by atoms with van der Waals surface area (Å²) in [4.78, 5) is 0. The predicted octanol–water partition coefficient (Wildman–Crippen LogP) is 3.97. The van der Waals surface area contributed by atoms with Gasteiger partial charge in [0.1, 0.15) is 0 Å². The van der Waals surface area contributed by atoms with Crippen molar-refractivity contribution in [1.29, 1.82) is 5.26 Å². The summed E-state index contributed by atoms with van der Waals surface area (Å²) in [6, 6.07) is 9.50. The highest BCUT2D eigenvalue weighted by atomic mass is 35.6. The fourth-order valence-electron chi connectivity index (χ4n) is 1.74. The van der Waals surface area contributed by atoms with E-state index in [1.54, 1.807) is 6.20 Å². The van der Waals surface area contributed by atoms with Gasteiger partial charge < -0.3 is 5.32 Å². The zero-order chi connectivity index (χ0) is 11.8. The lowest BCUT2D eigenvalue weighted by Crippen LogP contribution is -2.23. The summed E-state index contributed by atoms with van der Waals surface area (Å²) in [5, 5.41) is 12.0. The smallest absolute Gasteiger partial charge is 0.202 e. The number of allylic oxidation sites excluding steroid dienone is 1. The molecule has 1 aromatic rings. The molecule has 0 saturated heterocycles. The maximum absolute atomic E-state index is 9.02. The first-order chi connectivity index (χ1) is 7.54. The van der Waals surface area contributed by atoms with Crippen LogP contribution in [0.1, 0.15) is 11.5 Å². The zero-order valence-electron chi connectivity index (χ0n) is 8.05. The van der Waals surface area contributed by atoms with Crippen LogP contribution in [0.25, 0.3) is 0 Å². The molecule has 1 heterocycles. The van der Waals surface area contributed by atoms with E-state index in [0.29, 0.717) is 5.57 Å². The fraction of sp³-hybridized carbons (Fsp3) is 0.182. The Balaban J connectivity index is 2.56. The third-order valence-corrected chi connectivity index (χ3v) is 3.08. The van der Waals surface area contributed by atoms with Crippen LogP contribution in [0.2, 0.25) is 0 Å². The Bertz CT molecular complexity index is 483. The molecule has 82 valence electrons. The standard InChI is InChI=1S/C11H7Cl3N2/c12-11(13,14)10-7(5-15)6-16-9-4-2-1-3-8(9)10/h1-4,6,10,16H/t10-/m0/s1. The van der Waals surface area contributed by atoms with Crippen LogP contribution in [0.4, 0.5) is 5.69 Å². The lowest BCUT2D eigenvalue weighted by Gasteiger charge is -2.29. The maximum atomic E-state index is 9.02. The molecule has 0 aromatic heterocycles. The van der Waals surface area contributed by atoms with Gasteiger partial charge in [-0.05, 0) is 11.6 Å². The second-order valence-electron chi connectivity index (χ2n) is 3.42. The van der Waals surface area contributed by atoms with Crippen LogP contribution in [-0.4, -0.2) is 3.79 Å². The van der Waals surface area contributed by atoms with Gasteiger partial charge in [-0.15, -0.1) is 0 Å². The average Bonchev–Trinajstić information content (AvgIpc) is 2.26. The first kappa shape index (κ1) is 11.6. The van der Waals surface area contributed by atoms with Gasteiger partial charge in [0.2, 0.25) is 3.79 Å². The van der Waals surface area contributed by atoms with Gasteiger partial charge in [0, 0.05) is 11.9 Å². The van der Waals surface area contributed by atoms with Crippen LogP contribution in [0.5, 0.6) is 0 Å². The van der Waals surface area contributed by atoms with Crippen molar-refractivity contribution in [2.75, 3.05) is 5.32 Å². The fourth-order valence-corrected chi connectivity index (χ4v) is 2.44. The van der Waals surface area contributed by atoms with Crippen molar-refractivity contribution in [2.24, 2.45) is 0 Å².